The topological polar surface area (TPSA) is 32.3 Å². The van der Waals surface area contributed by atoms with Crippen LogP contribution in [0.15, 0.2) is 48.5 Å². The number of anilines is 1. The highest BCUT2D eigenvalue weighted by Gasteiger charge is 2.28. The molecule has 1 atom stereocenters. The van der Waals surface area contributed by atoms with Gasteiger partial charge in [0.25, 0.3) is 0 Å². The summed E-state index contributed by atoms with van der Waals surface area (Å²) in [5.41, 5.74) is 5.29. The summed E-state index contributed by atoms with van der Waals surface area (Å²) >= 11 is 0. The molecule has 0 saturated carbocycles. The number of benzene rings is 2. The molecule has 1 aliphatic carbocycles. The van der Waals surface area contributed by atoms with Crippen LogP contribution in [0.25, 0.3) is 0 Å². The third-order valence-electron chi connectivity index (χ3n) is 5.95. The minimum atomic E-state index is 0.144. The maximum absolute atomic E-state index is 12.8. The highest BCUT2D eigenvalue weighted by molar-refractivity contribution is 5.79. The van der Waals surface area contributed by atoms with Crippen molar-refractivity contribution < 1.29 is 4.79 Å². The van der Waals surface area contributed by atoms with Crippen LogP contribution in [0.4, 0.5) is 5.69 Å². The van der Waals surface area contributed by atoms with Crippen LogP contribution < -0.4 is 10.2 Å². The average Bonchev–Trinajstić information content (AvgIpc) is 2.69. The molecule has 2 aliphatic rings. The quantitative estimate of drug-likeness (QED) is 0.891. The largest absolute Gasteiger partial charge is 0.371 e. The monoisotopic (exact) mass is 348 g/mol. The lowest BCUT2D eigenvalue weighted by molar-refractivity contribution is -0.126. The van der Waals surface area contributed by atoms with Crippen molar-refractivity contribution >= 4 is 11.6 Å². The Kier molecular flexibility index (Phi) is 4.96. The molecule has 0 aromatic heterocycles. The zero-order valence-electron chi connectivity index (χ0n) is 15.6. The van der Waals surface area contributed by atoms with Gasteiger partial charge < -0.3 is 10.2 Å². The van der Waals surface area contributed by atoms with Gasteiger partial charge in [-0.3, -0.25) is 4.79 Å². The van der Waals surface area contributed by atoms with E-state index < -0.39 is 0 Å². The Bertz CT molecular complexity index is 760. The van der Waals surface area contributed by atoms with Crippen molar-refractivity contribution in [3.05, 3.63) is 65.2 Å². The number of carbonyl (C=O) groups is 1. The zero-order valence-corrected chi connectivity index (χ0v) is 15.6. The molecule has 2 aromatic carbocycles. The molecule has 1 fully saturated rings. The van der Waals surface area contributed by atoms with Crippen LogP contribution in [-0.4, -0.2) is 19.0 Å². The molecule has 26 heavy (non-hydrogen) atoms. The molecule has 1 aliphatic heterocycles. The van der Waals surface area contributed by atoms with E-state index in [1.807, 2.05) is 0 Å². The molecular weight excluding hydrogens is 320 g/mol. The Labute approximate surface area is 156 Å². The Morgan fingerprint density at radius 3 is 2.50 bits per heavy atom. The zero-order chi connectivity index (χ0) is 17.9. The fourth-order valence-electron chi connectivity index (χ4n) is 4.35. The second kappa shape index (κ2) is 7.53. The van der Waals surface area contributed by atoms with E-state index in [9.17, 15) is 4.79 Å². The summed E-state index contributed by atoms with van der Waals surface area (Å²) in [6.07, 6.45) is 5.23. The summed E-state index contributed by atoms with van der Waals surface area (Å²) in [7, 11) is 0. The van der Waals surface area contributed by atoms with Crippen molar-refractivity contribution in [3.8, 4) is 0 Å². The van der Waals surface area contributed by atoms with Crippen molar-refractivity contribution in [2.24, 2.45) is 5.92 Å². The van der Waals surface area contributed by atoms with Gasteiger partial charge in [-0.15, -0.1) is 0 Å². The Balaban J connectivity index is 1.35. The van der Waals surface area contributed by atoms with E-state index in [0.29, 0.717) is 0 Å². The van der Waals surface area contributed by atoms with Gasteiger partial charge in [0.05, 0.1) is 6.04 Å². The summed E-state index contributed by atoms with van der Waals surface area (Å²) in [4.78, 5) is 15.2. The molecule has 1 saturated heterocycles. The van der Waals surface area contributed by atoms with Crippen molar-refractivity contribution in [3.63, 3.8) is 0 Å². The number of hydrogen-bond donors (Lipinski definition) is 1. The van der Waals surface area contributed by atoms with Crippen LogP contribution >= 0.6 is 0 Å². The van der Waals surface area contributed by atoms with Gasteiger partial charge in [-0.25, -0.2) is 0 Å². The van der Waals surface area contributed by atoms with Crippen molar-refractivity contribution in [2.45, 2.75) is 45.1 Å². The van der Waals surface area contributed by atoms with Crippen molar-refractivity contribution in [1.82, 2.24) is 5.32 Å². The number of nitrogens with zero attached hydrogens (tertiary/aromatic N) is 1. The predicted octanol–water partition coefficient (Wildman–Crippen LogP) is 4.41. The van der Waals surface area contributed by atoms with Crippen molar-refractivity contribution in [1.29, 1.82) is 0 Å². The molecule has 4 rings (SSSR count). The van der Waals surface area contributed by atoms with Crippen LogP contribution in [0.3, 0.4) is 0 Å². The molecule has 1 amide bonds. The second-order valence-electron chi connectivity index (χ2n) is 7.75. The molecule has 0 spiro atoms. The number of hydrogen-bond acceptors (Lipinski definition) is 2. The average molecular weight is 348 g/mol. The third-order valence-corrected chi connectivity index (χ3v) is 5.95. The third kappa shape index (κ3) is 3.62. The molecule has 1 heterocycles. The highest BCUT2D eigenvalue weighted by atomic mass is 16.1. The van der Waals surface area contributed by atoms with E-state index >= 15 is 0 Å². The van der Waals surface area contributed by atoms with Gasteiger partial charge in [0, 0.05) is 24.7 Å². The normalized spacial score (nSPS) is 20.5. The maximum Gasteiger partial charge on any atom is 0.223 e. The molecule has 3 nitrogen and oxygen atoms in total. The first-order chi connectivity index (χ1) is 12.7. The van der Waals surface area contributed by atoms with Gasteiger partial charge in [0.2, 0.25) is 5.91 Å². The van der Waals surface area contributed by atoms with Crippen LogP contribution in [0.2, 0.25) is 0 Å². The number of fused-ring (bicyclic) bond motifs is 1. The fraction of sp³-hybridized carbons (Fsp3) is 0.435. The standard InChI is InChI=1S/C23H28N2O/c1-17-9-11-20(12-10-17)25-15-13-19(14-16-25)23(26)24-22-8-4-6-18-5-2-3-7-21(18)22/h2-3,5,7,9-12,19,22H,4,6,8,13-16H2,1H3,(H,24,26)/t22-/m0/s1. The van der Waals surface area contributed by atoms with Crippen LogP contribution in [-0.2, 0) is 11.2 Å². The molecule has 0 unspecified atom stereocenters. The molecule has 1 N–H and O–H groups in total. The SMILES string of the molecule is Cc1ccc(N2CCC(C(=O)N[C@H]3CCCc4ccccc43)CC2)cc1. The molecule has 2 aromatic rings. The van der Waals surface area contributed by atoms with Gasteiger partial charge in [-0.2, -0.15) is 0 Å². The number of aryl methyl sites for hydroxylation is 2. The minimum Gasteiger partial charge on any atom is -0.371 e. The predicted molar refractivity (Wildman–Crippen MR) is 106 cm³/mol. The molecular formula is C23H28N2O. The van der Waals surface area contributed by atoms with E-state index in [2.05, 4.69) is 65.7 Å². The van der Waals surface area contributed by atoms with Crippen LogP contribution in [0, 0.1) is 12.8 Å². The Morgan fingerprint density at radius 2 is 1.73 bits per heavy atom. The Morgan fingerprint density at radius 1 is 1.00 bits per heavy atom. The van der Waals surface area contributed by atoms with Gasteiger partial charge in [0.1, 0.15) is 0 Å². The fourth-order valence-corrected chi connectivity index (χ4v) is 4.35. The first-order valence-corrected chi connectivity index (χ1v) is 9.90. The molecule has 3 heteroatoms. The molecule has 0 radical (unpaired) electrons. The van der Waals surface area contributed by atoms with E-state index in [1.54, 1.807) is 0 Å². The van der Waals surface area contributed by atoms with Gasteiger partial charge in [-0.05, 0) is 62.3 Å². The van der Waals surface area contributed by atoms with Gasteiger partial charge >= 0.3 is 0 Å². The van der Waals surface area contributed by atoms with E-state index in [4.69, 9.17) is 0 Å². The number of piperidine rings is 1. The number of carbonyl (C=O) groups excluding carboxylic acids is 1. The lowest BCUT2D eigenvalue weighted by Crippen LogP contribution is -2.42. The van der Waals surface area contributed by atoms with E-state index in [1.165, 1.54) is 22.4 Å². The van der Waals surface area contributed by atoms with E-state index in [0.717, 1.165) is 45.2 Å². The molecule has 136 valence electrons. The minimum absolute atomic E-state index is 0.144. The van der Waals surface area contributed by atoms with Crippen molar-refractivity contribution in [2.75, 3.05) is 18.0 Å². The lowest BCUT2D eigenvalue weighted by atomic mass is 9.87. The summed E-state index contributed by atoms with van der Waals surface area (Å²) in [5.74, 6) is 0.390. The molecule has 0 bridgehead atoms. The summed E-state index contributed by atoms with van der Waals surface area (Å²) < 4.78 is 0. The number of rotatable bonds is 3. The van der Waals surface area contributed by atoms with Gasteiger partial charge in [-0.1, -0.05) is 42.0 Å². The number of nitrogens with one attached hydrogen (secondary N) is 1. The van der Waals surface area contributed by atoms with Crippen LogP contribution in [0.5, 0.6) is 0 Å². The first-order valence-electron chi connectivity index (χ1n) is 9.90. The summed E-state index contributed by atoms with van der Waals surface area (Å²) in [6.45, 7) is 4.04. The highest BCUT2D eigenvalue weighted by Crippen LogP contribution is 2.30. The lowest BCUT2D eigenvalue weighted by Gasteiger charge is -2.34. The first kappa shape index (κ1) is 17.1. The summed E-state index contributed by atoms with van der Waals surface area (Å²) in [6, 6.07) is 17.5. The smallest absolute Gasteiger partial charge is 0.223 e. The maximum atomic E-state index is 12.8. The summed E-state index contributed by atoms with van der Waals surface area (Å²) in [5, 5.41) is 3.35. The van der Waals surface area contributed by atoms with Crippen LogP contribution in [0.1, 0.15) is 48.4 Å². The Hall–Kier alpha value is -2.29. The van der Waals surface area contributed by atoms with E-state index in [-0.39, 0.29) is 17.9 Å². The second-order valence-corrected chi connectivity index (χ2v) is 7.75. The number of amides is 1. The van der Waals surface area contributed by atoms with Gasteiger partial charge in [0.15, 0.2) is 0 Å².